The van der Waals surface area contributed by atoms with Gasteiger partial charge in [0.25, 0.3) is 0 Å². The maximum absolute atomic E-state index is 13.9. The third-order valence-electron chi connectivity index (χ3n) is 14.9. The van der Waals surface area contributed by atoms with Crippen molar-refractivity contribution in [1.29, 1.82) is 0 Å². The summed E-state index contributed by atoms with van der Waals surface area (Å²) < 4.78 is 2.38. The highest BCUT2D eigenvalue weighted by atomic mass is 32.1. The normalized spacial score (nSPS) is 17.9. The fraction of sp³-hybridized carbons (Fsp3) is 0.222. The van der Waals surface area contributed by atoms with Gasteiger partial charge in [-0.25, -0.2) is 9.98 Å². The third-order valence-corrected chi connectivity index (χ3v) is 16.0. The van der Waals surface area contributed by atoms with Gasteiger partial charge in [-0.15, -0.1) is 11.3 Å². The van der Waals surface area contributed by atoms with Crippen LogP contribution in [-0.2, 0) is 10.8 Å². The van der Waals surface area contributed by atoms with Gasteiger partial charge in [0.05, 0.1) is 11.4 Å². The van der Waals surface area contributed by atoms with Crippen molar-refractivity contribution in [2.45, 2.75) is 75.0 Å². The highest BCUT2D eigenvalue weighted by Gasteiger charge is 2.45. The average Bonchev–Trinajstić information content (AvgIpc) is 4.00. The van der Waals surface area contributed by atoms with E-state index in [-0.39, 0.29) is 43.3 Å². The molecule has 1 aromatic heterocycles. The Labute approximate surface area is 352 Å². The van der Waals surface area contributed by atoms with Crippen LogP contribution in [0, 0.1) is 0 Å². The molecule has 0 saturated heterocycles. The molecule has 9 aromatic rings. The van der Waals surface area contributed by atoms with Crippen LogP contribution in [0.1, 0.15) is 86.5 Å². The first-order chi connectivity index (χ1) is 29.8. The predicted molar refractivity (Wildman–Crippen MR) is 249 cm³/mol. The second kappa shape index (κ2) is 12.6. The quantitative estimate of drug-likeness (QED) is 0.174. The molecule has 13 rings (SSSR count). The van der Waals surface area contributed by atoms with Gasteiger partial charge in [-0.1, -0.05) is 87.1 Å². The highest BCUT2D eigenvalue weighted by Crippen LogP contribution is 2.56. The van der Waals surface area contributed by atoms with Crippen LogP contribution in [0.3, 0.4) is 0 Å². The van der Waals surface area contributed by atoms with Gasteiger partial charge in [-0.2, -0.15) is 0 Å². The molecule has 7 heteroatoms. The topological polar surface area (TPSA) is 93.0 Å². The number of benzene rings is 6. The van der Waals surface area contributed by atoms with E-state index in [0.717, 1.165) is 108 Å². The van der Waals surface area contributed by atoms with E-state index in [9.17, 15) is 19.2 Å². The SMILES string of the molecule is O=c1c(=NC2=Cc3cc4sc5cc6c(cc5c4cc3C23CCCCC3)C2(CCCCC2)C(N=c2c(=O)c3cc4ccccc4cc3c2=O)=C6)c(=O)c2cc3ccccc3cc12. The van der Waals surface area contributed by atoms with Crippen molar-refractivity contribution in [3.63, 3.8) is 0 Å². The predicted octanol–water partition coefficient (Wildman–Crippen LogP) is 10.2. The zero-order valence-electron chi connectivity index (χ0n) is 33.4. The average molecular weight is 811 g/mol. The van der Waals surface area contributed by atoms with Crippen LogP contribution >= 0.6 is 11.3 Å². The summed E-state index contributed by atoms with van der Waals surface area (Å²) in [6, 6.07) is 32.4. The number of allylic oxidation sites excluding steroid dienone is 2. The van der Waals surface area contributed by atoms with Crippen LogP contribution in [0.15, 0.2) is 138 Å². The molecule has 4 aliphatic rings. The van der Waals surface area contributed by atoms with Crippen molar-refractivity contribution in [3.05, 3.63) is 182 Å². The summed E-state index contributed by atoms with van der Waals surface area (Å²) in [5, 5.41) is 7.97. The first-order valence-corrected chi connectivity index (χ1v) is 22.5. The van der Waals surface area contributed by atoms with Crippen LogP contribution in [0.2, 0.25) is 0 Å². The smallest absolute Gasteiger partial charge is 0.216 e. The van der Waals surface area contributed by atoms with Gasteiger partial charge in [-0.3, -0.25) is 19.2 Å². The number of rotatable bonds is 2. The van der Waals surface area contributed by atoms with E-state index in [1.165, 1.54) is 31.3 Å². The molecule has 0 atom stereocenters. The van der Waals surface area contributed by atoms with Crippen LogP contribution in [0.4, 0.5) is 0 Å². The molecule has 61 heavy (non-hydrogen) atoms. The van der Waals surface area contributed by atoms with Gasteiger partial charge in [-0.05, 0) is 130 Å². The van der Waals surface area contributed by atoms with E-state index in [2.05, 4.69) is 36.4 Å². The van der Waals surface area contributed by atoms with Crippen molar-refractivity contribution in [2.24, 2.45) is 9.98 Å². The molecule has 0 amide bonds. The summed E-state index contributed by atoms with van der Waals surface area (Å²) in [6.45, 7) is 0. The summed E-state index contributed by atoms with van der Waals surface area (Å²) in [5.41, 5.74) is 4.48. The van der Waals surface area contributed by atoms with Gasteiger partial charge >= 0.3 is 0 Å². The van der Waals surface area contributed by atoms with Crippen molar-refractivity contribution in [1.82, 2.24) is 0 Å². The number of hydrogen-bond acceptors (Lipinski definition) is 7. The number of nitrogens with zero attached hydrogens (tertiary/aromatic N) is 2. The number of thiophene rings is 1. The number of fused-ring (bicyclic) bond motifs is 11. The molecule has 0 radical (unpaired) electrons. The Morgan fingerprint density at radius 1 is 0.410 bits per heavy atom. The van der Waals surface area contributed by atoms with Crippen molar-refractivity contribution in [2.75, 3.05) is 0 Å². The number of hydrogen-bond donors (Lipinski definition) is 0. The molecule has 6 nitrogen and oxygen atoms in total. The molecule has 2 spiro atoms. The standard InChI is InChI=1S/C54H38N2O4S/c57-49-37-19-29-11-3-4-12-30(29)20-38(37)50(58)47(49)55-45-25-33-23-43-35(27-41(33)53(45)15-7-1-8-16-53)36-28-42-34(24-44(36)61-43)26-46(54(42)17-9-2-10-18-54)56-48-51(59)39-21-31-13-5-6-14-32(31)22-40(39)52(48)60/h3-6,11-14,19-28H,1-2,7-10,15-18H2. The van der Waals surface area contributed by atoms with Crippen molar-refractivity contribution < 1.29 is 0 Å². The Hall–Kier alpha value is -6.44. The lowest BCUT2D eigenvalue weighted by atomic mass is 9.68. The molecule has 0 bridgehead atoms. The van der Waals surface area contributed by atoms with Crippen molar-refractivity contribution in [3.8, 4) is 0 Å². The van der Waals surface area contributed by atoms with Gasteiger partial charge in [0.15, 0.2) is 10.7 Å². The Bertz CT molecular complexity index is 3480. The first kappa shape index (κ1) is 35.3. The fourth-order valence-corrected chi connectivity index (χ4v) is 13.0. The van der Waals surface area contributed by atoms with Crippen molar-refractivity contribution >= 4 is 86.8 Å². The Kier molecular flexibility index (Phi) is 7.27. The van der Waals surface area contributed by atoms with Crippen LogP contribution in [0.25, 0.3) is 75.4 Å². The monoisotopic (exact) mass is 810 g/mol. The zero-order valence-corrected chi connectivity index (χ0v) is 34.2. The lowest BCUT2D eigenvalue weighted by Gasteiger charge is -2.36. The molecular weight excluding hydrogens is 773 g/mol. The first-order valence-electron chi connectivity index (χ1n) is 21.7. The maximum Gasteiger partial charge on any atom is 0.216 e. The summed E-state index contributed by atoms with van der Waals surface area (Å²) >= 11 is 1.77. The molecule has 4 aliphatic carbocycles. The van der Waals surface area contributed by atoms with Crippen LogP contribution < -0.4 is 32.4 Å². The van der Waals surface area contributed by atoms with E-state index < -0.39 is 0 Å². The minimum atomic E-state index is -0.376. The second-order valence-electron chi connectivity index (χ2n) is 18.0. The Balaban J connectivity index is 0.965. The maximum atomic E-state index is 13.9. The second-order valence-corrected chi connectivity index (χ2v) is 19.1. The van der Waals surface area contributed by atoms with Gasteiger partial charge in [0, 0.05) is 52.5 Å². The molecule has 0 aliphatic heterocycles. The van der Waals surface area contributed by atoms with E-state index in [1.807, 2.05) is 72.8 Å². The summed E-state index contributed by atoms with van der Waals surface area (Å²) in [6.07, 6.45) is 14.5. The molecule has 1 heterocycles. The minimum absolute atomic E-state index is 0.0279. The summed E-state index contributed by atoms with van der Waals surface area (Å²) in [7, 11) is 0. The minimum Gasteiger partial charge on any atom is -0.287 e. The highest BCUT2D eigenvalue weighted by molar-refractivity contribution is 7.25. The molecule has 8 aromatic carbocycles. The lowest BCUT2D eigenvalue weighted by molar-refractivity contribution is 0.342. The lowest BCUT2D eigenvalue weighted by Crippen LogP contribution is -2.35. The Morgan fingerprint density at radius 2 is 0.754 bits per heavy atom. The third kappa shape index (κ3) is 4.84. The van der Waals surface area contributed by atoms with E-state index in [0.29, 0.717) is 21.5 Å². The summed E-state index contributed by atoms with van der Waals surface area (Å²) in [4.78, 5) is 65.9. The molecule has 0 unspecified atom stereocenters. The van der Waals surface area contributed by atoms with Crippen LogP contribution in [0.5, 0.6) is 0 Å². The molecule has 294 valence electrons. The molecule has 0 N–H and O–H groups in total. The molecular formula is C54H38N2O4S. The van der Waals surface area contributed by atoms with E-state index in [4.69, 9.17) is 9.98 Å². The van der Waals surface area contributed by atoms with Gasteiger partial charge < -0.3 is 0 Å². The molecule has 2 saturated carbocycles. The van der Waals surface area contributed by atoms with Gasteiger partial charge in [0.2, 0.25) is 21.7 Å². The van der Waals surface area contributed by atoms with Crippen LogP contribution in [-0.4, -0.2) is 0 Å². The fourth-order valence-electron chi connectivity index (χ4n) is 11.8. The zero-order chi connectivity index (χ0) is 40.8. The summed E-state index contributed by atoms with van der Waals surface area (Å²) in [5.74, 6) is 0. The molecule has 2 fully saturated rings. The van der Waals surface area contributed by atoms with E-state index in [1.54, 1.807) is 11.3 Å². The Morgan fingerprint density at radius 3 is 1.10 bits per heavy atom. The largest absolute Gasteiger partial charge is 0.287 e. The van der Waals surface area contributed by atoms with E-state index >= 15 is 0 Å². The van der Waals surface area contributed by atoms with Gasteiger partial charge in [0.1, 0.15) is 0 Å².